The molecule has 1 N–H and O–H groups in total. The van der Waals surface area contributed by atoms with Crippen molar-refractivity contribution in [3.8, 4) is 11.4 Å². The van der Waals surface area contributed by atoms with E-state index < -0.39 is 0 Å². The van der Waals surface area contributed by atoms with Gasteiger partial charge in [-0.15, -0.1) is 0 Å². The number of methoxy groups -OCH3 is 2. The van der Waals surface area contributed by atoms with Gasteiger partial charge in [-0.2, -0.15) is 5.10 Å². The molecule has 3 rings (SSSR count). The predicted molar refractivity (Wildman–Crippen MR) is 92.7 cm³/mol. The predicted octanol–water partition coefficient (Wildman–Crippen LogP) is 2.79. The van der Waals surface area contributed by atoms with Crippen molar-refractivity contribution in [3.05, 3.63) is 36.3 Å². The van der Waals surface area contributed by atoms with Crippen molar-refractivity contribution < 1.29 is 9.47 Å². The molecule has 3 aromatic rings. The van der Waals surface area contributed by atoms with Crippen molar-refractivity contribution in [2.75, 3.05) is 26.1 Å². The van der Waals surface area contributed by atoms with Crippen LogP contribution in [0.15, 0.2) is 30.5 Å². The van der Waals surface area contributed by atoms with Gasteiger partial charge < -0.3 is 14.8 Å². The summed E-state index contributed by atoms with van der Waals surface area (Å²) in [6, 6.07) is 7.69. The normalized spacial score (nSPS) is 11.0. The Hall–Kier alpha value is -2.67. The molecule has 0 radical (unpaired) electrons. The molecular formula is C17H21N5O2. The molecule has 0 aliphatic rings. The summed E-state index contributed by atoms with van der Waals surface area (Å²) in [5, 5.41) is 8.71. The molecule has 7 heteroatoms. The second kappa shape index (κ2) is 7.27. The molecule has 0 amide bonds. The number of hydrogen-bond donors (Lipinski definition) is 1. The number of benzene rings is 1. The SMILES string of the molecule is CCCNc1nc(COC)nc2c1cnn2-c1ccc(OC)cc1. The first kappa shape index (κ1) is 16.2. The van der Waals surface area contributed by atoms with Crippen molar-refractivity contribution in [3.63, 3.8) is 0 Å². The third kappa shape index (κ3) is 3.16. The van der Waals surface area contributed by atoms with Gasteiger partial charge in [-0.3, -0.25) is 0 Å². The first-order valence-corrected chi connectivity index (χ1v) is 7.88. The molecule has 0 aliphatic carbocycles. The Morgan fingerprint density at radius 1 is 1.12 bits per heavy atom. The Bertz CT molecular complexity index is 814. The Morgan fingerprint density at radius 3 is 2.58 bits per heavy atom. The summed E-state index contributed by atoms with van der Waals surface area (Å²) >= 11 is 0. The first-order valence-electron chi connectivity index (χ1n) is 7.88. The largest absolute Gasteiger partial charge is 0.497 e. The number of anilines is 1. The van der Waals surface area contributed by atoms with Crippen LogP contribution < -0.4 is 10.1 Å². The molecular weight excluding hydrogens is 306 g/mol. The Balaban J connectivity index is 2.09. The summed E-state index contributed by atoms with van der Waals surface area (Å²) in [5.74, 6) is 2.21. The van der Waals surface area contributed by atoms with Crippen LogP contribution in [0.4, 0.5) is 5.82 Å². The van der Waals surface area contributed by atoms with E-state index in [0.717, 1.165) is 41.3 Å². The fourth-order valence-corrected chi connectivity index (χ4v) is 2.44. The third-order valence-electron chi connectivity index (χ3n) is 3.61. The number of hydrogen-bond acceptors (Lipinski definition) is 6. The number of nitrogens with zero attached hydrogens (tertiary/aromatic N) is 4. The van der Waals surface area contributed by atoms with Crippen LogP contribution in [0.5, 0.6) is 5.75 Å². The van der Waals surface area contributed by atoms with Crippen LogP contribution in [0.3, 0.4) is 0 Å². The highest BCUT2D eigenvalue weighted by Gasteiger charge is 2.14. The average molecular weight is 327 g/mol. The van der Waals surface area contributed by atoms with Gasteiger partial charge in [0.05, 0.1) is 24.4 Å². The number of fused-ring (bicyclic) bond motifs is 1. The van der Waals surface area contributed by atoms with E-state index in [-0.39, 0.29) is 0 Å². The maximum absolute atomic E-state index is 5.21. The molecule has 0 aliphatic heterocycles. The Kier molecular flexibility index (Phi) is 4.90. The van der Waals surface area contributed by atoms with Gasteiger partial charge in [-0.05, 0) is 30.7 Å². The number of aromatic nitrogens is 4. The standard InChI is InChI=1S/C17H21N5O2/c1-4-9-18-16-14-10-19-22(12-5-7-13(24-3)8-6-12)17(14)21-15(20-16)11-23-2/h5-8,10H,4,9,11H2,1-3H3,(H,18,20,21). The highest BCUT2D eigenvalue weighted by Crippen LogP contribution is 2.24. The van der Waals surface area contributed by atoms with E-state index in [4.69, 9.17) is 9.47 Å². The van der Waals surface area contributed by atoms with Crippen LogP contribution in [0, 0.1) is 0 Å². The van der Waals surface area contributed by atoms with E-state index in [1.54, 1.807) is 25.1 Å². The minimum atomic E-state index is 0.352. The molecule has 0 atom stereocenters. The van der Waals surface area contributed by atoms with E-state index in [0.29, 0.717) is 12.4 Å². The van der Waals surface area contributed by atoms with Gasteiger partial charge in [0.2, 0.25) is 0 Å². The van der Waals surface area contributed by atoms with E-state index in [1.807, 2.05) is 24.3 Å². The maximum atomic E-state index is 5.21. The zero-order chi connectivity index (χ0) is 16.9. The fourth-order valence-electron chi connectivity index (χ4n) is 2.44. The van der Waals surface area contributed by atoms with E-state index in [2.05, 4.69) is 27.3 Å². The maximum Gasteiger partial charge on any atom is 0.168 e. The van der Waals surface area contributed by atoms with Crippen molar-refractivity contribution in [2.24, 2.45) is 0 Å². The molecule has 0 fully saturated rings. The van der Waals surface area contributed by atoms with Gasteiger partial charge in [0.15, 0.2) is 11.5 Å². The zero-order valence-corrected chi connectivity index (χ0v) is 14.1. The van der Waals surface area contributed by atoms with Crippen LogP contribution in [-0.2, 0) is 11.3 Å². The van der Waals surface area contributed by atoms with Gasteiger partial charge in [0, 0.05) is 13.7 Å². The summed E-state index contributed by atoms with van der Waals surface area (Å²) in [4.78, 5) is 9.15. The van der Waals surface area contributed by atoms with Crippen LogP contribution >= 0.6 is 0 Å². The van der Waals surface area contributed by atoms with Crippen molar-refractivity contribution in [1.82, 2.24) is 19.7 Å². The molecule has 2 aromatic heterocycles. The molecule has 7 nitrogen and oxygen atoms in total. The molecule has 1 aromatic carbocycles. The minimum Gasteiger partial charge on any atom is -0.497 e. The summed E-state index contributed by atoms with van der Waals surface area (Å²) < 4.78 is 12.2. The van der Waals surface area contributed by atoms with Gasteiger partial charge in [-0.25, -0.2) is 14.6 Å². The quantitative estimate of drug-likeness (QED) is 0.719. The highest BCUT2D eigenvalue weighted by molar-refractivity contribution is 5.87. The van der Waals surface area contributed by atoms with Crippen LogP contribution in [0.25, 0.3) is 16.7 Å². The van der Waals surface area contributed by atoms with Gasteiger partial charge in [0.1, 0.15) is 18.2 Å². The van der Waals surface area contributed by atoms with Crippen LogP contribution in [0.2, 0.25) is 0 Å². The highest BCUT2D eigenvalue weighted by atomic mass is 16.5. The summed E-state index contributed by atoms with van der Waals surface area (Å²) in [5.41, 5.74) is 1.66. The molecule has 2 heterocycles. The third-order valence-corrected chi connectivity index (χ3v) is 3.61. The lowest BCUT2D eigenvalue weighted by Crippen LogP contribution is -2.07. The van der Waals surface area contributed by atoms with Crippen LogP contribution in [0.1, 0.15) is 19.2 Å². The van der Waals surface area contributed by atoms with Crippen molar-refractivity contribution in [2.45, 2.75) is 20.0 Å². The van der Waals surface area contributed by atoms with Crippen LogP contribution in [-0.4, -0.2) is 40.5 Å². The second-order valence-corrected chi connectivity index (χ2v) is 5.34. The summed E-state index contributed by atoms with van der Waals surface area (Å²) in [6.45, 7) is 3.30. The molecule has 0 unspecified atom stereocenters. The lowest BCUT2D eigenvalue weighted by molar-refractivity contribution is 0.178. The lowest BCUT2D eigenvalue weighted by Gasteiger charge is -2.09. The van der Waals surface area contributed by atoms with Gasteiger partial charge in [0.25, 0.3) is 0 Å². The Morgan fingerprint density at radius 2 is 1.92 bits per heavy atom. The average Bonchev–Trinajstić information content (AvgIpc) is 3.04. The monoisotopic (exact) mass is 327 g/mol. The summed E-state index contributed by atoms with van der Waals surface area (Å²) in [6.07, 6.45) is 2.80. The van der Waals surface area contributed by atoms with E-state index >= 15 is 0 Å². The van der Waals surface area contributed by atoms with Crippen molar-refractivity contribution >= 4 is 16.9 Å². The second-order valence-electron chi connectivity index (χ2n) is 5.34. The molecule has 126 valence electrons. The van der Waals surface area contributed by atoms with E-state index in [1.165, 1.54) is 0 Å². The number of ether oxygens (including phenoxy) is 2. The minimum absolute atomic E-state index is 0.352. The van der Waals surface area contributed by atoms with Gasteiger partial charge >= 0.3 is 0 Å². The molecule has 24 heavy (non-hydrogen) atoms. The molecule has 0 saturated heterocycles. The number of rotatable bonds is 7. The molecule has 0 bridgehead atoms. The topological polar surface area (TPSA) is 74.1 Å². The number of nitrogens with one attached hydrogen (secondary N) is 1. The molecule has 0 spiro atoms. The van der Waals surface area contributed by atoms with Gasteiger partial charge in [-0.1, -0.05) is 6.92 Å². The summed E-state index contributed by atoms with van der Waals surface area (Å²) in [7, 11) is 3.28. The fraction of sp³-hybridized carbons (Fsp3) is 0.353. The Labute approximate surface area is 140 Å². The van der Waals surface area contributed by atoms with Crippen molar-refractivity contribution in [1.29, 1.82) is 0 Å². The smallest absolute Gasteiger partial charge is 0.168 e. The van der Waals surface area contributed by atoms with E-state index in [9.17, 15) is 0 Å². The molecule has 0 saturated carbocycles. The zero-order valence-electron chi connectivity index (χ0n) is 14.1. The first-order chi connectivity index (χ1) is 11.8. The lowest BCUT2D eigenvalue weighted by atomic mass is 10.3.